The molecule has 3 aromatic carbocycles. The first kappa shape index (κ1) is 24.2. The second kappa shape index (κ2) is 10.2. The van der Waals surface area contributed by atoms with Crippen LogP contribution in [-0.2, 0) is 0 Å². The molecule has 0 heterocycles. The van der Waals surface area contributed by atoms with E-state index in [1.807, 2.05) is 12.1 Å². The molecule has 1 fully saturated rings. The highest BCUT2D eigenvalue weighted by Gasteiger charge is 2.29. The number of halogens is 5. The van der Waals surface area contributed by atoms with Crippen molar-refractivity contribution in [1.29, 1.82) is 0 Å². The first-order valence-electron chi connectivity index (χ1n) is 11.7. The van der Waals surface area contributed by atoms with E-state index < -0.39 is 46.0 Å². The number of benzene rings is 3. The van der Waals surface area contributed by atoms with Gasteiger partial charge in [0.25, 0.3) is 0 Å². The van der Waals surface area contributed by atoms with Crippen LogP contribution in [0.15, 0.2) is 42.5 Å². The minimum absolute atomic E-state index is 0.112. The van der Waals surface area contributed by atoms with Crippen LogP contribution in [-0.4, -0.2) is 0 Å². The molecule has 6 heteroatoms. The zero-order valence-electron chi connectivity index (χ0n) is 19.2. The lowest BCUT2D eigenvalue weighted by Gasteiger charge is -2.28. The molecule has 180 valence electrons. The van der Waals surface area contributed by atoms with E-state index in [0.717, 1.165) is 30.4 Å². The average molecular weight is 475 g/mol. The van der Waals surface area contributed by atoms with Gasteiger partial charge in [0, 0.05) is 5.56 Å². The lowest BCUT2D eigenvalue weighted by molar-refractivity contribution is 0.308. The molecule has 1 aliphatic carbocycles. The van der Waals surface area contributed by atoms with Gasteiger partial charge >= 0.3 is 0 Å². The van der Waals surface area contributed by atoms with E-state index in [9.17, 15) is 22.0 Å². The molecule has 4 rings (SSSR count). The Labute approximate surface area is 196 Å². The molecule has 0 bridgehead atoms. The van der Waals surface area contributed by atoms with E-state index in [-0.39, 0.29) is 5.75 Å². The molecule has 34 heavy (non-hydrogen) atoms. The quantitative estimate of drug-likeness (QED) is 0.197. The van der Waals surface area contributed by atoms with E-state index in [2.05, 4.69) is 6.92 Å². The molecule has 0 saturated heterocycles. The maximum Gasteiger partial charge on any atom is 0.205 e. The zero-order valence-corrected chi connectivity index (χ0v) is 19.2. The van der Waals surface area contributed by atoms with Gasteiger partial charge < -0.3 is 4.74 Å². The molecule has 1 nitrogen and oxygen atoms in total. The second-order valence-electron chi connectivity index (χ2n) is 9.12. The summed E-state index contributed by atoms with van der Waals surface area (Å²) in [4.78, 5) is 0. The van der Waals surface area contributed by atoms with Gasteiger partial charge in [-0.1, -0.05) is 44.0 Å². The first-order valence-corrected chi connectivity index (χ1v) is 11.7. The van der Waals surface area contributed by atoms with Crippen molar-refractivity contribution < 1.29 is 26.7 Å². The van der Waals surface area contributed by atoms with Crippen LogP contribution in [0.2, 0.25) is 0 Å². The van der Waals surface area contributed by atoms with Crippen molar-refractivity contribution in [2.45, 2.75) is 58.3 Å². The van der Waals surface area contributed by atoms with Crippen LogP contribution in [0.5, 0.6) is 11.5 Å². The largest absolute Gasteiger partial charge is 0.453 e. The van der Waals surface area contributed by atoms with Crippen LogP contribution in [0.4, 0.5) is 22.0 Å². The van der Waals surface area contributed by atoms with Gasteiger partial charge in [0.2, 0.25) is 11.6 Å². The number of ether oxygens (including phenoxy) is 1. The van der Waals surface area contributed by atoms with Gasteiger partial charge in [-0.2, -0.15) is 4.39 Å². The van der Waals surface area contributed by atoms with Crippen LogP contribution >= 0.6 is 0 Å². The van der Waals surface area contributed by atoms with Crippen molar-refractivity contribution >= 4 is 0 Å². The number of hydrogen-bond donors (Lipinski definition) is 0. The van der Waals surface area contributed by atoms with E-state index in [0.29, 0.717) is 11.5 Å². The lowest BCUT2D eigenvalue weighted by atomic mass is 9.77. The maximum absolute atomic E-state index is 14.7. The molecule has 3 aromatic rings. The molecule has 0 radical (unpaired) electrons. The lowest BCUT2D eigenvalue weighted by Crippen LogP contribution is -2.13. The van der Waals surface area contributed by atoms with Crippen LogP contribution in [0, 0.1) is 41.9 Å². The fraction of sp³-hybridized carbons (Fsp3) is 0.357. The number of rotatable bonds is 6. The van der Waals surface area contributed by atoms with Gasteiger partial charge in [0.1, 0.15) is 11.6 Å². The highest BCUT2D eigenvalue weighted by molar-refractivity contribution is 5.73. The van der Waals surface area contributed by atoms with E-state index in [1.165, 1.54) is 37.8 Å². The number of hydrogen-bond acceptors (Lipinski definition) is 1. The van der Waals surface area contributed by atoms with Gasteiger partial charge in [0.15, 0.2) is 17.4 Å². The van der Waals surface area contributed by atoms with Gasteiger partial charge in [-0.25, -0.2) is 17.6 Å². The highest BCUT2D eigenvalue weighted by atomic mass is 19.2. The Hall–Kier alpha value is -2.89. The van der Waals surface area contributed by atoms with Gasteiger partial charge in [-0.05, 0) is 73.8 Å². The Bertz CT molecular complexity index is 1160. The van der Waals surface area contributed by atoms with Gasteiger partial charge in [-0.15, -0.1) is 0 Å². The molecular weight excluding hydrogens is 447 g/mol. The molecule has 0 spiro atoms. The molecule has 0 aromatic heterocycles. The van der Waals surface area contributed by atoms with Crippen molar-refractivity contribution in [3.05, 3.63) is 82.7 Å². The smallest absolute Gasteiger partial charge is 0.205 e. The second-order valence-corrected chi connectivity index (χ2v) is 9.12. The standard InChI is InChI=1S/C28H27F5O/c1-3-4-17-6-8-18(9-7-17)19-10-12-20(13-11-19)34-28-23(21-14-5-16(2)15-22(21)29)24(30)25(31)26(32)27(28)33/h5,10-15,17-18H,3-4,6-9H2,1-2H3/t17-,18-. The predicted octanol–water partition coefficient (Wildman–Crippen LogP) is 9.22. The summed E-state index contributed by atoms with van der Waals surface area (Å²) >= 11 is 0. The predicted molar refractivity (Wildman–Crippen MR) is 123 cm³/mol. The van der Waals surface area contributed by atoms with Crippen molar-refractivity contribution in [3.63, 3.8) is 0 Å². The molecule has 0 aliphatic heterocycles. The fourth-order valence-corrected chi connectivity index (χ4v) is 4.89. The molecule has 0 unspecified atom stereocenters. The Balaban J connectivity index is 1.64. The van der Waals surface area contributed by atoms with Crippen molar-refractivity contribution in [2.24, 2.45) is 5.92 Å². The van der Waals surface area contributed by atoms with Gasteiger partial charge in [-0.3, -0.25) is 0 Å². The number of aryl methyl sites for hydroxylation is 1. The summed E-state index contributed by atoms with van der Waals surface area (Å²) in [6.07, 6.45) is 6.98. The van der Waals surface area contributed by atoms with Crippen LogP contribution in [0.3, 0.4) is 0 Å². The normalized spacial score (nSPS) is 18.2. The summed E-state index contributed by atoms with van der Waals surface area (Å²) < 4.78 is 77.6. The third kappa shape index (κ3) is 4.82. The van der Waals surface area contributed by atoms with E-state index in [4.69, 9.17) is 4.74 Å². The molecule has 1 aliphatic rings. The fourth-order valence-electron chi connectivity index (χ4n) is 4.89. The molecule has 0 N–H and O–H groups in total. The van der Waals surface area contributed by atoms with Crippen LogP contribution in [0.25, 0.3) is 11.1 Å². The van der Waals surface area contributed by atoms with Crippen LogP contribution < -0.4 is 4.74 Å². The van der Waals surface area contributed by atoms with Crippen molar-refractivity contribution in [2.75, 3.05) is 0 Å². The van der Waals surface area contributed by atoms with E-state index in [1.54, 1.807) is 19.1 Å². The Morgan fingerprint density at radius 1 is 0.794 bits per heavy atom. The Kier molecular flexibility index (Phi) is 7.24. The molecule has 0 atom stereocenters. The molecular formula is C28H27F5O. The SMILES string of the molecule is CCC[C@H]1CC[C@H](c2ccc(Oc3c(F)c(F)c(F)c(F)c3-c3ccc(C)cc3F)cc2)CC1. The summed E-state index contributed by atoms with van der Waals surface area (Å²) in [5, 5.41) is 0. The average Bonchev–Trinajstić information content (AvgIpc) is 2.83. The van der Waals surface area contributed by atoms with Crippen LogP contribution in [0.1, 0.15) is 62.5 Å². The monoisotopic (exact) mass is 474 g/mol. The molecule has 1 saturated carbocycles. The molecule has 0 amide bonds. The summed E-state index contributed by atoms with van der Waals surface area (Å²) in [6, 6.07) is 10.6. The summed E-state index contributed by atoms with van der Waals surface area (Å²) in [5.74, 6) is -7.95. The zero-order chi connectivity index (χ0) is 24.4. The Morgan fingerprint density at radius 3 is 2.06 bits per heavy atom. The summed E-state index contributed by atoms with van der Waals surface area (Å²) in [6.45, 7) is 3.81. The summed E-state index contributed by atoms with van der Waals surface area (Å²) in [7, 11) is 0. The maximum atomic E-state index is 14.7. The Morgan fingerprint density at radius 2 is 1.44 bits per heavy atom. The van der Waals surface area contributed by atoms with Crippen molar-refractivity contribution in [3.8, 4) is 22.6 Å². The summed E-state index contributed by atoms with van der Waals surface area (Å²) in [5.41, 5.74) is 0.430. The minimum Gasteiger partial charge on any atom is -0.453 e. The van der Waals surface area contributed by atoms with Crippen molar-refractivity contribution in [1.82, 2.24) is 0 Å². The van der Waals surface area contributed by atoms with Gasteiger partial charge in [0.05, 0.1) is 5.56 Å². The van der Waals surface area contributed by atoms with E-state index >= 15 is 0 Å². The highest BCUT2D eigenvalue weighted by Crippen LogP contribution is 2.42. The third-order valence-electron chi connectivity index (χ3n) is 6.73. The third-order valence-corrected chi connectivity index (χ3v) is 6.73. The first-order chi connectivity index (χ1) is 16.3. The minimum atomic E-state index is -2.02. The topological polar surface area (TPSA) is 9.23 Å².